The van der Waals surface area contributed by atoms with E-state index in [1.54, 1.807) is 6.20 Å². The molecule has 14 heavy (non-hydrogen) atoms. The highest BCUT2D eigenvalue weighted by molar-refractivity contribution is 5.59. The van der Waals surface area contributed by atoms with Gasteiger partial charge in [0.05, 0.1) is 5.69 Å². The third-order valence-electron chi connectivity index (χ3n) is 2.07. The molecule has 1 aromatic heterocycles. The number of aryl methyl sites for hydroxylation is 2. The number of hydrogen-bond donors (Lipinski definition) is 0. The van der Waals surface area contributed by atoms with Gasteiger partial charge in [-0.3, -0.25) is 4.98 Å². The SMILES string of the molecule is [2H]Cc1ccc(-c2ccc(C[2H])cn2)cc1. The molecule has 70 valence electrons. The van der Waals surface area contributed by atoms with E-state index >= 15 is 0 Å². The van der Waals surface area contributed by atoms with Crippen molar-refractivity contribution in [1.82, 2.24) is 4.98 Å². The normalized spacial score (nSPS) is 12.0. The van der Waals surface area contributed by atoms with Gasteiger partial charge in [-0.2, -0.15) is 0 Å². The molecule has 0 amide bonds. The summed E-state index contributed by atoms with van der Waals surface area (Å²) in [5.41, 5.74) is 3.89. The van der Waals surface area contributed by atoms with Crippen molar-refractivity contribution in [1.29, 1.82) is 0 Å². The highest BCUT2D eigenvalue weighted by atomic mass is 14.7. The Morgan fingerprint density at radius 3 is 2.21 bits per heavy atom. The molecule has 0 saturated carbocycles. The topological polar surface area (TPSA) is 12.9 Å². The maximum Gasteiger partial charge on any atom is 0.0702 e. The molecule has 0 radical (unpaired) electrons. The van der Waals surface area contributed by atoms with Gasteiger partial charge >= 0.3 is 0 Å². The maximum absolute atomic E-state index is 7.24. The molecule has 1 aromatic carbocycles. The minimum atomic E-state index is 0.269. The number of nitrogens with zero attached hydrogens (tertiary/aromatic N) is 1. The second kappa shape index (κ2) is 3.62. The molecule has 2 rings (SSSR count). The zero-order chi connectivity index (χ0) is 11.4. The van der Waals surface area contributed by atoms with Crippen LogP contribution in [0.5, 0.6) is 0 Å². The summed E-state index contributed by atoms with van der Waals surface area (Å²) in [6.45, 7) is 0.580. The van der Waals surface area contributed by atoms with E-state index < -0.39 is 0 Å². The highest BCUT2D eigenvalue weighted by Gasteiger charge is 1.97. The molecule has 0 bridgehead atoms. The number of pyridine rings is 1. The molecule has 1 heteroatoms. The van der Waals surface area contributed by atoms with E-state index in [9.17, 15) is 0 Å². The fourth-order valence-corrected chi connectivity index (χ4v) is 1.27. The molecular weight excluding hydrogens is 170 g/mol. The van der Waals surface area contributed by atoms with Gasteiger partial charge in [0.15, 0.2) is 0 Å². The summed E-state index contributed by atoms with van der Waals surface area (Å²) < 4.78 is 14.4. The van der Waals surface area contributed by atoms with E-state index in [4.69, 9.17) is 2.74 Å². The molecular formula is C13H13N. The van der Waals surface area contributed by atoms with Crippen LogP contribution >= 0.6 is 0 Å². The summed E-state index contributed by atoms with van der Waals surface area (Å²) in [6, 6.07) is 11.7. The predicted molar refractivity (Wildman–Crippen MR) is 59.1 cm³/mol. The van der Waals surface area contributed by atoms with Crippen molar-refractivity contribution in [3.63, 3.8) is 0 Å². The molecule has 1 heterocycles. The van der Waals surface area contributed by atoms with E-state index in [2.05, 4.69) is 4.98 Å². The summed E-state index contributed by atoms with van der Waals surface area (Å²) >= 11 is 0. The molecule has 0 unspecified atom stereocenters. The summed E-state index contributed by atoms with van der Waals surface area (Å²) in [5, 5.41) is 0. The Morgan fingerprint density at radius 2 is 1.64 bits per heavy atom. The van der Waals surface area contributed by atoms with Gasteiger partial charge in [0.1, 0.15) is 0 Å². The van der Waals surface area contributed by atoms with Crippen molar-refractivity contribution in [2.75, 3.05) is 0 Å². The van der Waals surface area contributed by atoms with Crippen LogP contribution in [0.15, 0.2) is 42.6 Å². The van der Waals surface area contributed by atoms with Gasteiger partial charge in [-0.1, -0.05) is 35.9 Å². The van der Waals surface area contributed by atoms with Gasteiger partial charge in [-0.25, -0.2) is 0 Å². The minimum absolute atomic E-state index is 0.269. The van der Waals surface area contributed by atoms with Gasteiger partial charge in [0, 0.05) is 14.5 Å². The Labute approximate surface area is 87.2 Å². The van der Waals surface area contributed by atoms with Gasteiger partial charge in [0.25, 0.3) is 0 Å². The van der Waals surface area contributed by atoms with Crippen LogP contribution in [-0.2, 0) is 0 Å². The van der Waals surface area contributed by atoms with Crippen LogP contribution in [0.2, 0.25) is 0 Å². The van der Waals surface area contributed by atoms with Crippen molar-refractivity contribution in [3.8, 4) is 11.3 Å². The Balaban J connectivity index is 2.28. The van der Waals surface area contributed by atoms with Crippen molar-refractivity contribution < 1.29 is 2.74 Å². The lowest BCUT2D eigenvalue weighted by atomic mass is 10.1. The van der Waals surface area contributed by atoms with Crippen molar-refractivity contribution in [3.05, 3.63) is 53.7 Å². The molecule has 0 aliphatic heterocycles. The van der Waals surface area contributed by atoms with Gasteiger partial charge in [0.2, 0.25) is 0 Å². The van der Waals surface area contributed by atoms with Crippen LogP contribution in [0.4, 0.5) is 0 Å². The second-order valence-electron chi connectivity index (χ2n) is 3.25. The van der Waals surface area contributed by atoms with Crippen LogP contribution in [0.25, 0.3) is 11.3 Å². The first kappa shape index (κ1) is 6.77. The molecule has 0 spiro atoms. The van der Waals surface area contributed by atoms with E-state index in [1.807, 2.05) is 36.4 Å². The third-order valence-corrected chi connectivity index (χ3v) is 2.07. The smallest absolute Gasteiger partial charge is 0.0702 e. The fourth-order valence-electron chi connectivity index (χ4n) is 1.27. The second-order valence-corrected chi connectivity index (χ2v) is 3.25. The standard InChI is InChI=1S/C13H13N/c1-10-3-6-12(7-4-10)13-8-5-11(2)9-14-13/h3-9H,1-2H3/i1D,2D. The van der Waals surface area contributed by atoms with E-state index in [0.717, 1.165) is 22.4 Å². The Bertz CT molecular complexity index is 403. The van der Waals surface area contributed by atoms with Crippen LogP contribution < -0.4 is 0 Å². The summed E-state index contributed by atoms with van der Waals surface area (Å²) in [7, 11) is 0. The molecule has 0 aliphatic carbocycles. The van der Waals surface area contributed by atoms with Crippen LogP contribution in [0.3, 0.4) is 0 Å². The fraction of sp³-hybridized carbons (Fsp3) is 0.154. The lowest BCUT2D eigenvalue weighted by Crippen LogP contribution is -1.83. The van der Waals surface area contributed by atoms with Crippen molar-refractivity contribution in [2.24, 2.45) is 0 Å². The maximum atomic E-state index is 7.24. The number of hydrogen-bond acceptors (Lipinski definition) is 1. The summed E-state index contributed by atoms with van der Waals surface area (Å²) in [5.74, 6) is 0. The average molecular weight is 185 g/mol. The van der Waals surface area contributed by atoms with E-state index in [1.165, 1.54) is 0 Å². The van der Waals surface area contributed by atoms with Crippen LogP contribution in [-0.4, -0.2) is 4.98 Å². The summed E-state index contributed by atoms with van der Waals surface area (Å²) in [4.78, 5) is 4.31. The molecule has 0 N–H and O–H groups in total. The van der Waals surface area contributed by atoms with Crippen LogP contribution in [0, 0.1) is 13.8 Å². The van der Waals surface area contributed by atoms with E-state index in [-0.39, 0.29) is 6.90 Å². The number of benzene rings is 1. The molecule has 0 saturated heterocycles. The van der Waals surface area contributed by atoms with Crippen molar-refractivity contribution >= 4 is 0 Å². The monoisotopic (exact) mass is 185 g/mol. The molecule has 1 nitrogen and oxygen atoms in total. The average Bonchev–Trinajstić information content (AvgIpc) is 2.39. The zero-order valence-corrected chi connectivity index (χ0v) is 7.90. The lowest BCUT2D eigenvalue weighted by Gasteiger charge is -2.01. The Morgan fingerprint density at radius 1 is 0.929 bits per heavy atom. The van der Waals surface area contributed by atoms with Gasteiger partial charge in [-0.05, 0) is 25.4 Å². The van der Waals surface area contributed by atoms with Crippen molar-refractivity contribution in [2.45, 2.75) is 13.8 Å². The highest BCUT2D eigenvalue weighted by Crippen LogP contribution is 2.17. The largest absolute Gasteiger partial charge is 0.256 e. The Kier molecular flexibility index (Phi) is 1.75. The first-order chi connectivity index (χ1) is 7.83. The van der Waals surface area contributed by atoms with Gasteiger partial charge in [-0.15, -0.1) is 0 Å². The third kappa shape index (κ3) is 1.82. The number of rotatable bonds is 1. The Hall–Kier alpha value is -1.63. The predicted octanol–water partition coefficient (Wildman–Crippen LogP) is 3.37. The molecule has 0 fully saturated rings. The summed E-state index contributed by atoms with van der Waals surface area (Å²) in [6.07, 6.45) is 1.74. The minimum Gasteiger partial charge on any atom is -0.256 e. The van der Waals surface area contributed by atoms with E-state index in [0.29, 0.717) is 6.90 Å². The molecule has 0 aliphatic rings. The number of aromatic nitrogens is 1. The van der Waals surface area contributed by atoms with Crippen LogP contribution in [0.1, 0.15) is 13.9 Å². The first-order valence-corrected chi connectivity index (χ1v) is 4.46. The molecule has 0 atom stereocenters. The molecule has 2 aromatic rings. The zero-order valence-electron chi connectivity index (χ0n) is 9.90. The lowest BCUT2D eigenvalue weighted by molar-refractivity contribution is 1.27. The quantitative estimate of drug-likeness (QED) is 0.663. The first-order valence-electron chi connectivity index (χ1n) is 5.87. The van der Waals surface area contributed by atoms with Gasteiger partial charge < -0.3 is 0 Å².